The van der Waals surface area contributed by atoms with E-state index in [0.717, 1.165) is 11.1 Å². The molecule has 0 aromatic heterocycles. The summed E-state index contributed by atoms with van der Waals surface area (Å²) in [6, 6.07) is 24.4. The van der Waals surface area contributed by atoms with Gasteiger partial charge in [-0.05, 0) is 117 Å². The van der Waals surface area contributed by atoms with Gasteiger partial charge in [-0.3, -0.25) is 0 Å². The van der Waals surface area contributed by atoms with Crippen LogP contribution in [-0.4, -0.2) is 78.3 Å². The van der Waals surface area contributed by atoms with Crippen LogP contribution in [0.1, 0.15) is 63.7 Å². The van der Waals surface area contributed by atoms with E-state index in [9.17, 15) is 35.1 Å². The maximum atomic E-state index is 12.4. The molecule has 0 radical (unpaired) electrons. The van der Waals surface area contributed by atoms with E-state index in [1.807, 2.05) is 32.0 Å². The van der Waals surface area contributed by atoms with Gasteiger partial charge in [0.25, 0.3) is 0 Å². The van der Waals surface area contributed by atoms with Crippen molar-refractivity contribution in [2.45, 2.75) is 52.4 Å². The zero-order valence-corrected chi connectivity index (χ0v) is 30.6. The Morgan fingerprint density at radius 2 is 1.26 bits per heavy atom. The molecule has 4 aromatic carbocycles. The number of hydrogen-bond acceptors (Lipinski definition) is 11. The molecule has 2 unspecified atom stereocenters. The molecule has 1 saturated heterocycles. The summed E-state index contributed by atoms with van der Waals surface area (Å²) in [5.74, 6) is -0.831. The number of phenols is 1. The van der Waals surface area contributed by atoms with Crippen LogP contribution in [-0.2, 0) is 14.2 Å². The van der Waals surface area contributed by atoms with Crippen LogP contribution >= 0.6 is 0 Å². The first-order chi connectivity index (χ1) is 25.0. The van der Waals surface area contributed by atoms with Crippen LogP contribution < -0.4 is 4.74 Å². The van der Waals surface area contributed by atoms with E-state index in [2.05, 4.69) is 16.9 Å². The number of phenolic OH excluding ortho intramolecular Hbond substituents is 1. The molecule has 1 aliphatic heterocycles. The number of aryl methyl sites for hydroxylation is 2. The van der Waals surface area contributed by atoms with Crippen LogP contribution in [0.3, 0.4) is 0 Å². The lowest BCUT2D eigenvalue weighted by atomic mass is 9.96. The number of amides is 1. The van der Waals surface area contributed by atoms with Crippen LogP contribution in [0.4, 0.5) is 4.79 Å². The number of methoxy groups -OCH3 is 2. The van der Waals surface area contributed by atoms with Crippen molar-refractivity contribution in [1.29, 1.82) is 10.5 Å². The van der Waals surface area contributed by atoms with Crippen molar-refractivity contribution in [3.8, 4) is 45.9 Å². The molecule has 2 N–H and O–H groups in total. The number of likely N-dealkylation sites (tertiary alicyclic amines) is 1. The van der Waals surface area contributed by atoms with E-state index in [0.29, 0.717) is 39.1 Å². The van der Waals surface area contributed by atoms with Gasteiger partial charge in [-0.15, -0.1) is 0 Å². The molecule has 1 fully saturated rings. The van der Waals surface area contributed by atoms with Gasteiger partial charge in [0.1, 0.15) is 29.3 Å². The second-order valence-electron chi connectivity index (χ2n) is 13.4. The smallest absolute Gasteiger partial charge is 0.410 e. The third-order valence-corrected chi connectivity index (χ3v) is 8.06. The van der Waals surface area contributed by atoms with Gasteiger partial charge in [-0.25, -0.2) is 14.4 Å². The number of aliphatic hydroxyl groups is 1. The molecule has 0 saturated carbocycles. The third-order valence-electron chi connectivity index (χ3n) is 8.06. The topological polar surface area (TPSA) is 179 Å². The molecule has 0 bridgehead atoms. The summed E-state index contributed by atoms with van der Waals surface area (Å²) in [5.41, 5.74) is 5.19. The van der Waals surface area contributed by atoms with E-state index in [-0.39, 0.29) is 30.0 Å². The molecule has 0 spiro atoms. The lowest BCUT2D eigenvalue weighted by Crippen LogP contribution is -2.36. The molecular formula is C41H41N3O9. The number of carbonyl (C=O) groups is 3. The Morgan fingerprint density at radius 1 is 0.755 bits per heavy atom. The fraction of sp³-hybridized carbons (Fsp3) is 0.293. The number of hydrogen-bond donors (Lipinski definition) is 2. The summed E-state index contributed by atoms with van der Waals surface area (Å²) < 4.78 is 20.9. The summed E-state index contributed by atoms with van der Waals surface area (Å²) in [6.07, 6.45) is -2.18. The highest BCUT2D eigenvalue weighted by Gasteiger charge is 2.38. The Labute approximate surface area is 308 Å². The van der Waals surface area contributed by atoms with Gasteiger partial charge in [-0.2, -0.15) is 10.5 Å². The van der Waals surface area contributed by atoms with E-state index < -0.39 is 35.8 Å². The van der Waals surface area contributed by atoms with Gasteiger partial charge in [0.15, 0.2) is 0 Å². The number of β-amino-alcohol motifs (C(OH)–C–C–N with tert-alkyl or cyclic N) is 1. The molecule has 0 aliphatic carbocycles. The molecule has 1 aliphatic rings. The lowest BCUT2D eigenvalue weighted by Gasteiger charge is -2.24. The van der Waals surface area contributed by atoms with E-state index in [4.69, 9.17) is 14.2 Å². The van der Waals surface area contributed by atoms with Crippen LogP contribution in [0, 0.1) is 36.5 Å². The zero-order valence-electron chi connectivity index (χ0n) is 30.6. The number of nitriles is 2. The molecule has 274 valence electrons. The third kappa shape index (κ3) is 10.1. The largest absolute Gasteiger partial charge is 0.508 e. The summed E-state index contributed by atoms with van der Waals surface area (Å²) >= 11 is 0. The highest BCUT2D eigenvalue weighted by Crippen LogP contribution is 2.32. The number of esters is 2. The Morgan fingerprint density at radius 3 is 1.75 bits per heavy atom. The molecule has 53 heavy (non-hydrogen) atoms. The molecule has 12 nitrogen and oxygen atoms in total. The first-order valence-corrected chi connectivity index (χ1v) is 16.6. The minimum absolute atomic E-state index is 0.0487. The number of carbonyl (C=O) groups excluding carboxylic acids is 3. The lowest BCUT2D eigenvalue weighted by molar-refractivity contribution is 0.0268. The average molecular weight is 720 g/mol. The Bertz CT molecular complexity index is 2110. The van der Waals surface area contributed by atoms with Crippen molar-refractivity contribution in [3.05, 3.63) is 106 Å². The predicted molar refractivity (Wildman–Crippen MR) is 195 cm³/mol. The molecule has 4 aromatic rings. The minimum atomic E-state index is -0.934. The fourth-order valence-corrected chi connectivity index (χ4v) is 5.59. The van der Waals surface area contributed by atoms with Gasteiger partial charge in [0, 0.05) is 0 Å². The van der Waals surface area contributed by atoms with Crippen LogP contribution in [0.15, 0.2) is 72.8 Å². The molecule has 1 amide bonds. The second kappa shape index (κ2) is 16.8. The summed E-state index contributed by atoms with van der Waals surface area (Å²) in [5, 5.41) is 39.0. The zero-order chi connectivity index (χ0) is 39.0. The molecule has 5 rings (SSSR count). The number of rotatable bonds is 6. The first-order valence-electron chi connectivity index (χ1n) is 16.6. The number of nitrogens with zero attached hydrogens (tertiary/aromatic N) is 3. The summed E-state index contributed by atoms with van der Waals surface area (Å²) in [4.78, 5) is 37.6. The van der Waals surface area contributed by atoms with Crippen LogP contribution in [0.5, 0.6) is 11.5 Å². The summed E-state index contributed by atoms with van der Waals surface area (Å²) in [7, 11) is 2.56. The molecular weight excluding hydrogens is 678 g/mol. The monoisotopic (exact) mass is 719 g/mol. The van der Waals surface area contributed by atoms with E-state index in [1.54, 1.807) is 57.2 Å². The van der Waals surface area contributed by atoms with E-state index >= 15 is 0 Å². The van der Waals surface area contributed by atoms with Gasteiger partial charge < -0.3 is 34.1 Å². The molecule has 2 atom stereocenters. The standard InChI is InChI=1S/C25H28N2O6.C16H13NO3/c1-15-6-7-20(18(8-15)12-26)16-9-17(23(29)31-5)11-19(10-16)32-22-14-27(13-21(22)28)24(30)33-25(2,3)4;1-10-3-4-15(13(5-10)9-17)11-6-12(16(19)20-2)8-14(18)7-11/h6-11,21-22,28H,13-14H2,1-5H3;3-8,18H,1-2H3. The summed E-state index contributed by atoms with van der Waals surface area (Å²) in [6.45, 7) is 9.29. The van der Waals surface area contributed by atoms with Crippen molar-refractivity contribution in [1.82, 2.24) is 4.90 Å². The molecule has 1 heterocycles. The maximum absolute atomic E-state index is 12.4. The quantitative estimate of drug-likeness (QED) is 0.160. The number of benzene rings is 4. The van der Waals surface area contributed by atoms with Gasteiger partial charge in [-0.1, -0.05) is 24.3 Å². The van der Waals surface area contributed by atoms with Crippen molar-refractivity contribution in [2.75, 3.05) is 27.3 Å². The van der Waals surface area contributed by atoms with Crippen LogP contribution in [0.25, 0.3) is 22.3 Å². The Kier molecular flexibility index (Phi) is 12.5. The van der Waals surface area contributed by atoms with E-state index in [1.165, 1.54) is 37.3 Å². The number of ether oxygens (including phenoxy) is 4. The number of aliphatic hydroxyl groups excluding tert-OH is 1. The van der Waals surface area contributed by atoms with Crippen molar-refractivity contribution in [3.63, 3.8) is 0 Å². The van der Waals surface area contributed by atoms with Crippen molar-refractivity contribution >= 4 is 18.0 Å². The SMILES string of the molecule is COC(=O)c1cc(O)cc(-c2ccc(C)cc2C#N)c1.COC(=O)c1cc(OC2CN(C(=O)OC(C)(C)C)CC2O)cc(-c2ccc(C)cc2C#N)c1. The van der Waals surface area contributed by atoms with Crippen LogP contribution in [0.2, 0.25) is 0 Å². The van der Waals surface area contributed by atoms with Gasteiger partial charge >= 0.3 is 18.0 Å². The van der Waals surface area contributed by atoms with Crippen molar-refractivity contribution < 1.29 is 43.5 Å². The van der Waals surface area contributed by atoms with Gasteiger partial charge in [0.2, 0.25) is 0 Å². The molecule has 12 heteroatoms. The number of aromatic hydroxyl groups is 1. The maximum Gasteiger partial charge on any atom is 0.410 e. The first kappa shape index (κ1) is 39.4. The minimum Gasteiger partial charge on any atom is -0.508 e. The Hall–Kier alpha value is -6.37. The predicted octanol–water partition coefficient (Wildman–Crippen LogP) is 6.71. The normalized spacial score (nSPS) is 14.9. The highest BCUT2D eigenvalue weighted by atomic mass is 16.6. The average Bonchev–Trinajstić information content (AvgIpc) is 3.49. The highest BCUT2D eigenvalue weighted by molar-refractivity contribution is 5.93. The fourth-order valence-electron chi connectivity index (χ4n) is 5.59. The van der Waals surface area contributed by atoms with Gasteiger partial charge in [0.05, 0.1) is 61.7 Å². The second-order valence-corrected chi connectivity index (χ2v) is 13.4. The Balaban J connectivity index is 0.000000267. The van der Waals surface area contributed by atoms with Crippen molar-refractivity contribution in [2.24, 2.45) is 0 Å².